The quantitative estimate of drug-likeness (QED) is 0.321. The fourth-order valence-electron chi connectivity index (χ4n) is 5.56. The smallest absolute Gasteiger partial charge is 0.408 e. The van der Waals surface area contributed by atoms with Gasteiger partial charge in [0, 0.05) is 23.2 Å². The Bertz CT molecular complexity index is 1630. The summed E-state index contributed by atoms with van der Waals surface area (Å²) < 4.78 is 27.8. The predicted octanol–water partition coefficient (Wildman–Crippen LogP) is 4.44. The number of alkyl carbamates (subject to hydrolysis) is 1. The third kappa shape index (κ3) is 4.24. The molecule has 39 heavy (non-hydrogen) atoms. The van der Waals surface area contributed by atoms with E-state index in [1.54, 1.807) is 41.0 Å². The van der Waals surface area contributed by atoms with Gasteiger partial charge < -0.3 is 20.1 Å². The molecule has 0 radical (unpaired) electrons. The average Bonchev–Trinajstić information content (AvgIpc) is 3.59. The van der Waals surface area contributed by atoms with Crippen molar-refractivity contribution in [1.82, 2.24) is 30.1 Å². The first-order valence-electron chi connectivity index (χ1n) is 12.5. The number of rotatable bonds is 6. The Hall–Kier alpha value is -4.21. The highest BCUT2D eigenvalue weighted by atomic mass is 35.5. The number of aromatic amines is 1. The molecule has 3 aliphatic carbocycles. The molecule has 13 heteroatoms. The lowest BCUT2D eigenvalue weighted by Gasteiger charge is -2.61. The van der Waals surface area contributed by atoms with E-state index in [4.69, 9.17) is 26.1 Å². The molecular weight excluding hydrogens is 527 g/mol. The maximum Gasteiger partial charge on any atom is 0.408 e. The second kappa shape index (κ2) is 8.93. The Morgan fingerprint density at radius 3 is 2.92 bits per heavy atom. The number of fused-ring (bicyclic) bond motifs is 1. The van der Waals surface area contributed by atoms with E-state index >= 15 is 4.39 Å². The number of aromatic nitrogens is 5. The first kappa shape index (κ1) is 23.9. The van der Waals surface area contributed by atoms with Crippen LogP contribution in [0.1, 0.15) is 36.6 Å². The van der Waals surface area contributed by atoms with Gasteiger partial charge in [-0.1, -0.05) is 23.7 Å². The lowest BCUT2D eigenvalue weighted by atomic mass is 9.50. The van der Waals surface area contributed by atoms with E-state index in [0.29, 0.717) is 40.0 Å². The molecule has 4 heterocycles. The number of ether oxygens (including phenoxy) is 2. The zero-order valence-corrected chi connectivity index (χ0v) is 21.2. The van der Waals surface area contributed by atoms with Gasteiger partial charge in [-0.25, -0.2) is 18.7 Å². The summed E-state index contributed by atoms with van der Waals surface area (Å²) in [4.78, 5) is 17.0. The van der Waals surface area contributed by atoms with Gasteiger partial charge in [-0.05, 0) is 37.3 Å². The minimum absolute atomic E-state index is 0.0586. The van der Waals surface area contributed by atoms with Crippen molar-refractivity contribution < 1.29 is 18.7 Å². The van der Waals surface area contributed by atoms with E-state index < -0.39 is 24.5 Å². The summed E-state index contributed by atoms with van der Waals surface area (Å²) in [6.45, 7) is -0.0586. The Morgan fingerprint density at radius 1 is 1.31 bits per heavy atom. The number of halogens is 2. The third-order valence-corrected chi connectivity index (χ3v) is 7.80. The molecule has 0 spiro atoms. The maximum atomic E-state index is 15.2. The Morgan fingerprint density at radius 2 is 2.15 bits per heavy atom. The average molecular weight is 549 g/mol. The number of hydrogen-bond acceptors (Lipinski definition) is 8. The molecule has 4 aliphatic rings. The molecular formula is C26H22ClFN8O3. The van der Waals surface area contributed by atoms with Crippen LogP contribution in [0.4, 0.5) is 20.8 Å². The van der Waals surface area contributed by atoms with Gasteiger partial charge in [0.15, 0.2) is 29.1 Å². The Labute approximate surface area is 226 Å². The minimum Gasteiger partial charge on any atom is -0.441 e. The molecule has 198 valence electrons. The number of anilines is 2. The second-order valence-corrected chi connectivity index (χ2v) is 10.7. The Kier molecular flexibility index (Phi) is 5.47. The number of benzene rings is 1. The topological polar surface area (TPSA) is 142 Å². The van der Waals surface area contributed by atoms with Gasteiger partial charge in [0.1, 0.15) is 11.6 Å². The molecule has 1 aliphatic heterocycles. The molecule has 1 amide bonds. The van der Waals surface area contributed by atoms with Crippen molar-refractivity contribution >= 4 is 34.8 Å². The number of amides is 1. The lowest BCUT2D eigenvalue weighted by molar-refractivity contribution is -0.0528. The van der Waals surface area contributed by atoms with Crippen molar-refractivity contribution in [1.29, 1.82) is 5.26 Å². The monoisotopic (exact) mass is 548 g/mol. The SMILES string of the molecule is N#Cc1cccc(-c2cn3nc(Cl)cc3c(Nc3cc([C@H]4OC[C@@H](OC(=O)NC56CC(C5)C6)[C@H]4F)[nH]n3)n2)c1. The molecule has 4 fully saturated rings. The van der Waals surface area contributed by atoms with Crippen LogP contribution >= 0.6 is 11.6 Å². The minimum atomic E-state index is -1.56. The molecule has 3 atom stereocenters. The van der Waals surface area contributed by atoms with Crippen LogP contribution in [0.2, 0.25) is 5.15 Å². The van der Waals surface area contributed by atoms with Crippen LogP contribution in [0.3, 0.4) is 0 Å². The summed E-state index contributed by atoms with van der Waals surface area (Å²) >= 11 is 6.16. The summed E-state index contributed by atoms with van der Waals surface area (Å²) in [5.74, 6) is 1.47. The van der Waals surface area contributed by atoms with Gasteiger partial charge in [0.05, 0.1) is 35.8 Å². The maximum absolute atomic E-state index is 15.2. The highest BCUT2D eigenvalue weighted by molar-refractivity contribution is 6.29. The molecule has 1 aromatic carbocycles. The molecule has 4 aromatic rings. The number of nitrogens with zero attached hydrogens (tertiary/aromatic N) is 5. The van der Waals surface area contributed by atoms with Crippen molar-refractivity contribution in [2.24, 2.45) is 5.92 Å². The van der Waals surface area contributed by atoms with Crippen molar-refractivity contribution in [3.63, 3.8) is 0 Å². The number of H-pyrrole nitrogens is 1. The molecule has 1 saturated heterocycles. The number of hydrogen-bond donors (Lipinski definition) is 3. The fraction of sp³-hybridized carbons (Fsp3) is 0.346. The largest absolute Gasteiger partial charge is 0.441 e. The van der Waals surface area contributed by atoms with Crippen LogP contribution in [-0.2, 0) is 9.47 Å². The summed E-state index contributed by atoms with van der Waals surface area (Å²) in [7, 11) is 0. The van der Waals surface area contributed by atoms with Gasteiger partial charge in [-0.3, -0.25) is 5.10 Å². The van der Waals surface area contributed by atoms with Crippen molar-refractivity contribution in [3.05, 3.63) is 59.0 Å². The lowest BCUT2D eigenvalue weighted by Crippen LogP contribution is -2.68. The fourth-order valence-corrected chi connectivity index (χ4v) is 5.75. The first-order valence-corrected chi connectivity index (χ1v) is 12.9. The summed E-state index contributed by atoms with van der Waals surface area (Å²) in [6.07, 6.45) is 0.460. The van der Waals surface area contributed by atoms with Crippen molar-refractivity contribution in [2.75, 3.05) is 11.9 Å². The van der Waals surface area contributed by atoms with Crippen LogP contribution < -0.4 is 10.6 Å². The zero-order chi connectivity index (χ0) is 26.7. The molecule has 3 N–H and O–H groups in total. The molecule has 0 unspecified atom stereocenters. The van der Waals surface area contributed by atoms with E-state index in [-0.39, 0.29) is 17.3 Å². The van der Waals surface area contributed by atoms with E-state index in [9.17, 15) is 10.1 Å². The number of nitriles is 1. The predicted molar refractivity (Wildman–Crippen MR) is 137 cm³/mol. The van der Waals surface area contributed by atoms with Crippen LogP contribution in [-0.4, -0.2) is 55.3 Å². The summed E-state index contributed by atoms with van der Waals surface area (Å²) in [6, 6.07) is 12.4. The third-order valence-electron chi connectivity index (χ3n) is 7.61. The summed E-state index contributed by atoms with van der Waals surface area (Å²) in [5.41, 5.74) is 2.60. The molecule has 8 rings (SSSR count). The van der Waals surface area contributed by atoms with Gasteiger partial charge in [-0.15, -0.1) is 0 Å². The normalized spacial score (nSPS) is 26.9. The van der Waals surface area contributed by atoms with Crippen LogP contribution in [0, 0.1) is 17.2 Å². The van der Waals surface area contributed by atoms with Gasteiger partial charge >= 0.3 is 6.09 Å². The van der Waals surface area contributed by atoms with Crippen molar-refractivity contribution in [2.45, 2.75) is 43.2 Å². The van der Waals surface area contributed by atoms with Crippen LogP contribution in [0.15, 0.2) is 42.6 Å². The van der Waals surface area contributed by atoms with E-state index in [2.05, 4.69) is 32.0 Å². The van der Waals surface area contributed by atoms with Gasteiger partial charge in [-0.2, -0.15) is 15.5 Å². The molecule has 2 bridgehead atoms. The van der Waals surface area contributed by atoms with Crippen LogP contribution in [0.25, 0.3) is 16.8 Å². The number of nitrogens with one attached hydrogen (secondary N) is 3. The zero-order valence-electron chi connectivity index (χ0n) is 20.4. The van der Waals surface area contributed by atoms with Gasteiger partial charge in [0.25, 0.3) is 0 Å². The number of carbonyl (C=O) groups is 1. The highest BCUT2D eigenvalue weighted by Crippen LogP contribution is 2.57. The van der Waals surface area contributed by atoms with E-state index in [1.807, 2.05) is 6.07 Å². The van der Waals surface area contributed by atoms with Gasteiger partial charge in [0.2, 0.25) is 0 Å². The standard InChI is InChI=1S/C26H22ClFN8O3/c27-20-6-18-24(30-17(11-36(18)35-20)15-3-1-2-13(4-15)10-29)31-21-5-16(33-34-21)23-22(28)19(12-38-23)39-25(37)32-26-7-14(8-26)9-26/h1-6,11,14,19,22-23H,7-9,12H2,(H,32,37)(H2,30,31,33,34)/t14?,19-,22-,23-,26?/m1/s1. The summed E-state index contributed by atoms with van der Waals surface area (Å²) in [5, 5.41) is 26.9. The second-order valence-electron chi connectivity index (χ2n) is 10.3. The highest BCUT2D eigenvalue weighted by Gasteiger charge is 2.58. The number of carbonyl (C=O) groups excluding carboxylic acids is 1. The first-order chi connectivity index (χ1) is 18.9. The number of alkyl halides is 1. The molecule has 3 aromatic heterocycles. The van der Waals surface area contributed by atoms with Crippen LogP contribution in [0.5, 0.6) is 0 Å². The van der Waals surface area contributed by atoms with Crippen molar-refractivity contribution in [3.8, 4) is 17.3 Å². The Balaban J connectivity index is 1.08. The van der Waals surface area contributed by atoms with E-state index in [0.717, 1.165) is 24.8 Å². The molecule has 11 nitrogen and oxygen atoms in total. The molecule has 3 saturated carbocycles. The van der Waals surface area contributed by atoms with E-state index in [1.165, 1.54) is 0 Å².